The Labute approximate surface area is 562 Å². The third-order valence-electron chi connectivity index (χ3n) is 18.7. The molecule has 25 heteroatoms. The van der Waals surface area contributed by atoms with E-state index in [-0.39, 0.29) is 55.6 Å². The van der Waals surface area contributed by atoms with Gasteiger partial charge in [-0.15, -0.1) is 0 Å². The first-order valence-electron chi connectivity index (χ1n) is 33.9. The monoisotopic (exact) mass is 1330 g/mol. The van der Waals surface area contributed by atoms with Crippen LogP contribution in [0.4, 0.5) is 0 Å². The van der Waals surface area contributed by atoms with Gasteiger partial charge in [-0.3, -0.25) is 52.7 Å². The quantitative estimate of drug-likeness (QED) is 0.0985. The van der Waals surface area contributed by atoms with E-state index in [2.05, 4.69) is 34.7 Å². The van der Waals surface area contributed by atoms with Crippen LogP contribution in [0.3, 0.4) is 0 Å². The maximum atomic E-state index is 15.4. The first kappa shape index (κ1) is 83.3. The van der Waals surface area contributed by atoms with Crippen molar-refractivity contribution in [2.24, 2.45) is 35.5 Å². The summed E-state index contributed by atoms with van der Waals surface area (Å²) in [5.41, 5.74) is 0. The molecule has 2 fully saturated rings. The molecule has 24 nitrogen and oxygen atoms in total. The first-order valence-corrected chi connectivity index (χ1v) is 35.1. The van der Waals surface area contributed by atoms with Crippen molar-refractivity contribution in [2.75, 3.05) is 80.5 Å². The Bertz CT molecular complexity index is 2570. The van der Waals surface area contributed by atoms with E-state index < -0.39 is 161 Å². The van der Waals surface area contributed by atoms with Crippen molar-refractivity contribution in [3.05, 3.63) is 12.2 Å². The van der Waals surface area contributed by atoms with Gasteiger partial charge in [0.25, 0.3) is 0 Å². The molecular weight excluding hydrogens is 1210 g/mol. The molecule has 0 aromatic heterocycles. The van der Waals surface area contributed by atoms with E-state index in [0.717, 1.165) is 18.0 Å². The summed E-state index contributed by atoms with van der Waals surface area (Å²) in [7, 11) is 10.2. The van der Waals surface area contributed by atoms with Gasteiger partial charge in [0, 0.05) is 73.4 Å². The van der Waals surface area contributed by atoms with Crippen LogP contribution in [-0.4, -0.2) is 273 Å². The minimum atomic E-state index is -1.63. The lowest BCUT2D eigenvalue weighted by Crippen LogP contribution is -2.64. The summed E-state index contributed by atoms with van der Waals surface area (Å²) in [6, 6.07) is -14.0. The molecule has 2 rings (SSSR count). The molecule has 2 saturated heterocycles. The van der Waals surface area contributed by atoms with E-state index in [1.165, 1.54) is 109 Å². The van der Waals surface area contributed by atoms with Gasteiger partial charge in [0.1, 0.15) is 66.5 Å². The smallest absolute Gasteiger partial charge is 0.246 e. The maximum Gasteiger partial charge on any atom is 0.246 e. The molecule has 2 bridgehead atoms. The molecule has 14 atom stereocenters. The maximum absolute atomic E-state index is 15.4. The van der Waals surface area contributed by atoms with Gasteiger partial charge in [-0.25, -0.2) is 0 Å². The number of aliphatic hydroxyl groups excluding tert-OH is 1. The lowest BCUT2D eigenvalue weighted by Gasteiger charge is -2.41. The Morgan fingerprint density at radius 3 is 1.48 bits per heavy atom. The van der Waals surface area contributed by atoms with Gasteiger partial charge in [-0.05, 0) is 115 Å². The number of allylic oxidation sites excluding steroid dienone is 2. The van der Waals surface area contributed by atoms with Crippen molar-refractivity contribution in [3.8, 4) is 0 Å². The van der Waals surface area contributed by atoms with Crippen LogP contribution in [0, 0.1) is 35.5 Å². The van der Waals surface area contributed by atoms with Gasteiger partial charge in [0.2, 0.25) is 65.0 Å². The molecular formula is C68H122N12O12S. The number of fused-ring (bicyclic) bond motifs is 2. The second-order valence-corrected chi connectivity index (χ2v) is 29.2. The number of amides is 11. The topological polar surface area (TPSA) is 273 Å². The van der Waals surface area contributed by atoms with Gasteiger partial charge >= 0.3 is 0 Å². The number of likely N-dealkylation sites (N-methyl/N-ethyl adjacent to an activating group) is 7. The fourth-order valence-corrected chi connectivity index (χ4v) is 13.7. The van der Waals surface area contributed by atoms with E-state index in [4.69, 9.17) is 0 Å². The van der Waals surface area contributed by atoms with Crippen LogP contribution in [0.15, 0.2) is 12.2 Å². The Kier molecular flexibility index (Phi) is 34.1. The van der Waals surface area contributed by atoms with E-state index >= 15 is 28.8 Å². The highest BCUT2D eigenvalue weighted by molar-refractivity contribution is 7.99. The Balaban J connectivity index is 3.10. The van der Waals surface area contributed by atoms with Gasteiger partial charge < -0.3 is 65.2 Å². The van der Waals surface area contributed by atoms with Crippen LogP contribution in [0.1, 0.15) is 163 Å². The summed E-state index contributed by atoms with van der Waals surface area (Å²) in [5.74, 6) is -8.54. The van der Waals surface area contributed by atoms with E-state index in [9.17, 15) is 29.1 Å². The standard InChI is InChI=1S/C68H122N12O12S/c1-26-30-31-44(15)57(81)56-60(84)70-48(27-2)62(86)76(23)53(38-93-33-32-79(28-3)29-4)65(89)72(19)49(34-39(5)6)59(83)71-54(42(11)12)67(91)75(22)52-37-45(16)80(66(52)90)47(18)58(82)69-46(17)61(85)73(20)50(35-40(7)8)63(87)74(21)51(36-41(9)10)64(88)77(24)55(43(13)14)68(92)78(56)25/h26,30,39-57,81H,27-29,31-38H2,1-25H3,(H,69,82)(H,70,84)(H,71,83)/b30-26+/t44-,45?,46-,47+,48+,49+,50+,51+,52+,53-,54+,55+,56+,57-/m1/s1. The van der Waals surface area contributed by atoms with Crippen molar-refractivity contribution < 1.29 is 57.8 Å². The van der Waals surface area contributed by atoms with Crippen LogP contribution in [-0.2, 0) is 52.7 Å². The lowest BCUT2D eigenvalue weighted by molar-refractivity contribution is -0.157. The van der Waals surface area contributed by atoms with Crippen molar-refractivity contribution >= 4 is 76.7 Å². The van der Waals surface area contributed by atoms with Crippen molar-refractivity contribution in [3.63, 3.8) is 0 Å². The van der Waals surface area contributed by atoms with E-state index in [1.807, 2.05) is 54.5 Å². The van der Waals surface area contributed by atoms with Crippen LogP contribution < -0.4 is 16.0 Å². The molecule has 1 unspecified atom stereocenters. The summed E-state index contributed by atoms with van der Waals surface area (Å²) in [5, 5.41) is 20.9. The summed E-state index contributed by atoms with van der Waals surface area (Å²) >= 11 is 1.45. The summed E-state index contributed by atoms with van der Waals surface area (Å²) in [6.07, 6.45) is 3.02. The molecule has 93 heavy (non-hydrogen) atoms. The normalized spacial score (nSPS) is 27.8. The van der Waals surface area contributed by atoms with Crippen LogP contribution in [0.5, 0.6) is 0 Å². The average Bonchev–Trinajstić information content (AvgIpc) is 1.73. The minimum absolute atomic E-state index is 0.0145. The number of thioether (sulfide) groups is 1. The molecule has 2 aliphatic rings. The predicted molar refractivity (Wildman–Crippen MR) is 366 cm³/mol. The SMILES string of the molecule is C/C=C/C[C@@H](C)[C@@H](O)[C@H]1C(=O)N[C@@H](CC)C(=O)N(C)[C@H](CSCCN(CC)CC)C(=O)N(C)[C@@H](CC(C)C)C(=O)N[C@@H](C(C)C)C(=O)N(C)[C@H]2CC(C)N(C2=O)[C@@H](C)C(=O)N[C@H](C)C(=O)N(C)[C@@H](CC(C)C)C(=O)N(C)[C@@H](CC(C)C)C(=O)N(C)[C@@H](C(C)C)C(=O)N1C. The summed E-state index contributed by atoms with van der Waals surface area (Å²) in [4.78, 5) is 177. The molecule has 4 N–H and O–H groups in total. The zero-order valence-electron chi connectivity index (χ0n) is 61.3. The fraction of sp³-hybridized carbons (Fsp3) is 0.809. The molecule has 0 aromatic rings. The predicted octanol–water partition coefficient (Wildman–Crippen LogP) is 4.17. The highest BCUT2D eigenvalue weighted by Gasteiger charge is 2.49. The Hall–Kier alpha value is -5.82. The van der Waals surface area contributed by atoms with E-state index in [1.54, 1.807) is 54.5 Å². The summed E-state index contributed by atoms with van der Waals surface area (Å²) in [6.45, 7) is 34.7. The minimum Gasteiger partial charge on any atom is -0.390 e. The fourth-order valence-electron chi connectivity index (χ4n) is 12.6. The molecule has 0 aromatic carbocycles. The molecule has 0 spiro atoms. The number of carbonyl (C=O) groups is 11. The number of nitrogens with one attached hydrogen (secondary N) is 3. The van der Waals surface area contributed by atoms with Crippen LogP contribution >= 0.6 is 11.8 Å². The summed E-state index contributed by atoms with van der Waals surface area (Å²) < 4.78 is 0. The van der Waals surface area contributed by atoms with Crippen molar-refractivity contribution in [1.82, 2.24) is 60.0 Å². The van der Waals surface area contributed by atoms with Crippen molar-refractivity contribution in [2.45, 2.75) is 242 Å². The van der Waals surface area contributed by atoms with Gasteiger partial charge in [-0.2, -0.15) is 11.8 Å². The number of hydrogen-bond donors (Lipinski definition) is 4. The van der Waals surface area contributed by atoms with E-state index in [0.29, 0.717) is 18.7 Å². The molecule has 0 aliphatic carbocycles. The second-order valence-electron chi connectivity index (χ2n) is 28.1. The lowest BCUT2D eigenvalue weighted by atomic mass is 9.91. The molecule has 532 valence electrons. The highest BCUT2D eigenvalue weighted by atomic mass is 32.2. The van der Waals surface area contributed by atoms with Crippen LogP contribution in [0.25, 0.3) is 0 Å². The average molecular weight is 1330 g/mol. The number of nitrogens with zero attached hydrogens (tertiary/aromatic N) is 9. The molecule has 2 heterocycles. The van der Waals surface area contributed by atoms with Gasteiger partial charge in [0.15, 0.2) is 0 Å². The molecule has 2 aliphatic heterocycles. The Morgan fingerprint density at radius 2 is 1.00 bits per heavy atom. The largest absolute Gasteiger partial charge is 0.390 e. The molecule has 11 amide bonds. The number of aliphatic hydroxyl groups is 1. The third kappa shape index (κ3) is 21.9. The first-order chi connectivity index (χ1) is 43.2. The number of rotatable bonds is 20. The Morgan fingerprint density at radius 1 is 0.527 bits per heavy atom. The number of carbonyl (C=O) groups excluding carboxylic acids is 11. The third-order valence-corrected chi connectivity index (χ3v) is 19.8. The molecule has 0 radical (unpaired) electrons. The second kappa shape index (κ2) is 38.1. The van der Waals surface area contributed by atoms with Crippen molar-refractivity contribution in [1.29, 1.82) is 0 Å². The molecule has 0 saturated carbocycles. The van der Waals surface area contributed by atoms with Gasteiger partial charge in [0.05, 0.1) is 6.10 Å². The number of hydrogen-bond acceptors (Lipinski definition) is 14. The van der Waals surface area contributed by atoms with Gasteiger partial charge in [-0.1, -0.05) is 109 Å². The highest BCUT2D eigenvalue weighted by Crippen LogP contribution is 2.29. The zero-order valence-corrected chi connectivity index (χ0v) is 62.1. The zero-order chi connectivity index (χ0) is 71.5. The van der Waals surface area contributed by atoms with Crippen LogP contribution in [0.2, 0.25) is 0 Å².